The van der Waals surface area contributed by atoms with Crippen LogP contribution in [0.3, 0.4) is 0 Å². The van der Waals surface area contributed by atoms with E-state index in [4.69, 9.17) is 0 Å². The summed E-state index contributed by atoms with van der Waals surface area (Å²) in [4.78, 5) is 27.0. The fourth-order valence-corrected chi connectivity index (χ4v) is 4.01. The first-order valence-electron chi connectivity index (χ1n) is 8.95. The molecule has 2 aliphatic heterocycles. The fraction of sp³-hybridized carbons (Fsp3) is 0.333. The lowest BCUT2D eigenvalue weighted by Gasteiger charge is -2.35. The molecule has 0 aromatic heterocycles. The number of carbonyl (C=O) groups excluding carboxylic acids is 2. The first kappa shape index (κ1) is 15.9. The summed E-state index contributed by atoms with van der Waals surface area (Å²) >= 11 is 0. The average Bonchev–Trinajstić information content (AvgIpc) is 2.67. The van der Waals surface area contributed by atoms with Gasteiger partial charge in [-0.2, -0.15) is 0 Å². The number of hydrogen-bond acceptors (Lipinski definition) is 2. The highest BCUT2D eigenvalue weighted by molar-refractivity contribution is 6.01. The summed E-state index contributed by atoms with van der Waals surface area (Å²) < 4.78 is 0. The Hall–Kier alpha value is -2.62. The van der Waals surface area contributed by atoms with Gasteiger partial charge in [-0.25, -0.2) is 0 Å². The van der Waals surface area contributed by atoms with Gasteiger partial charge >= 0.3 is 0 Å². The molecule has 0 bridgehead atoms. The van der Waals surface area contributed by atoms with Crippen LogP contribution in [0.4, 0.5) is 5.69 Å². The van der Waals surface area contributed by atoms with E-state index in [1.807, 2.05) is 35.2 Å². The van der Waals surface area contributed by atoms with Crippen LogP contribution in [0.2, 0.25) is 0 Å². The van der Waals surface area contributed by atoms with Crippen molar-refractivity contribution in [2.24, 2.45) is 0 Å². The van der Waals surface area contributed by atoms with E-state index in [-0.39, 0.29) is 24.2 Å². The van der Waals surface area contributed by atoms with Crippen molar-refractivity contribution in [1.29, 1.82) is 0 Å². The van der Waals surface area contributed by atoms with E-state index in [0.717, 1.165) is 37.2 Å². The van der Waals surface area contributed by atoms with Crippen LogP contribution in [0, 0.1) is 0 Å². The number of para-hydroxylation sites is 1. The van der Waals surface area contributed by atoms with Crippen LogP contribution in [0.15, 0.2) is 54.6 Å². The van der Waals surface area contributed by atoms with Gasteiger partial charge in [-0.1, -0.05) is 48.5 Å². The molecule has 0 unspecified atom stereocenters. The molecule has 0 saturated carbocycles. The number of anilines is 1. The van der Waals surface area contributed by atoms with E-state index in [1.165, 1.54) is 5.56 Å². The maximum atomic E-state index is 13.1. The molecule has 0 spiro atoms. The Bertz CT molecular complexity index is 779. The van der Waals surface area contributed by atoms with Crippen molar-refractivity contribution in [2.75, 3.05) is 18.4 Å². The molecule has 1 N–H and O–H groups in total. The fourth-order valence-electron chi connectivity index (χ4n) is 4.01. The molecule has 0 radical (unpaired) electrons. The highest BCUT2D eigenvalue weighted by Crippen LogP contribution is 2.35. The van der Waals surface area contributed by atoms with Crippen LogP contribution in [0.1, 0.15) is 42.2 Å². The molecule has 2 heterocycles. The number of piperidine rings is 1. The number of likely N-dealkylation sites (tertiary alicyclic amines) is 1. The lowest BCUT2D eigenvalue weighted by atomic mass is 9.86. The Kier molecular flexibility index (Phi) is 4.26. The van der Waals surface area contributed by atoms with E-state index < -0.39 is 0 Å². The second kappa shape index (κ2) is 6.71. The SMILES string of the molecule is O=C1C[C@@H](C(=O)N2CCC(c3ccccc3)CC2)c2ccccc2N1. The van der Waals surface area contributed by atoms with Crippen LogP contribution in [-0.4, -0.2) is 29.8 Å². The van der Waals surface area contributed by atoms with E-state index in [9.17, 15) is 9.59 Å². The molecule has 1 fully saturated rings. The van der Waals surface area contributed by atoms with Crippen molar-refractivity contribution in [1.82, 2.24) is 4.90 Å². The highest BCUT2D eigenvalue weighted by Gasteiger charge is 2.34. The average molecular weight is 334 g/mol. The van der Waals surface area contributed by atoms with Crippen LogP contribution in [-0.2, 0) is 9.59 Å². The molecule has 4 rings (SSSR count). The Labute approximate surface area is 147 Å². The molecule has 2 aromatic rings. The molecule has 2 aliphatic rings. The van der Waals surface area contributed by atoms with Crippen molar-refractivity contribution >= 4 is 17.5 Å². The molecule has 4 heteroatoms. The summed E-state index contributed by atoms with van der Waals surface area (Å²) in [5.41, 5.74) is 3.07. The van der Waals surface area contributed by atoms with Gasteiger partial charge in [-0.15, -0.1) is 0 Å². The van der Waals surface area contributed by atoms with Crippen LogP contribution in [0.25, 0.3) is 0 Å². The maximum Gasteiger partial charge on any atom is 0.230 e. The lowest BCUT2D eigenvalue weighted by molar-refractivity contribution is -0.135. The van der Waals surface area contributed by atoms with Gasteiger partial charge in [-0.05, 0) is 36.0 Å². The van der Waals surface area contributed by atoms with Crippen LogP contribution < -0.4 is 5.32 Å². The normalized spacial score (nSPS) is 20.7. The Morgan fingerprint density at radius 1 is 0.960 bits per heavy atom. The third-order valence-corrected chi connectivity index (χ3v) is 5.38. The molecule has 128 valence electrons. The number of rotatable bonds is 2. The van der Waals surface area contributed by atoms with Crippen LogP contribution in [0.5, 0.6) is 0 Å². The number of benzene rings is 2. The smallest absolute Gasteiger partial charge is 0.230 e. The summed E-state index contributed by atoms with van der Waals surface area (Å²) in [5.74, 6) is 0.190. The number of amides is 2. The van der Waals surface area contributed by atoms with Gasteiger partial charge in [0.2, 0.25) is 11.8 Å². The number of hydrogen-bond donors (Lipinski definition) is 1. The number of fused-ring (bicyclic) bond motifs is 1. The van der Waals surface area contributed by atoms with E-state index in [1.54, 1.807) is 0 Å². The lowest BCUT2D eigenvalue weighted by Crippen LogP contribution is -2.42. The molecule has 2 aromatic carbocycles. The van der Waals surface area contributed by atoms with Gasteiger partial charge in [0.1, 0.15) is 0 Å². The van der Waals surface area contributed by atoms with Gasteiger partial charge in [0.15, 0.2) is 0 Å². The minimum absolute atomic E-state index is 0.0729. The third kappa shape index (κ3) is 3.16. The number of nitrogens with one attached hydrogen (secondary N) is 1. The minimum Gasteiger partial charge on any atom is -0.342 e. The molecule has 2 amide bonds. The Morgan fingerprint density at radius 3 is 2.40 bits per heavy atom. The Balaban J connectivity index is 1.47. The zero-order valence-corrected chi connectivity index (χ0v) is 14.2. The maximum absolute atomic E-state index is 13.1. The standard InChI is InChI=1S/C21H22N2O2/c24-20-14-18(17-8-4-5-9-19(17)22-20)21(25)23-12-10-16(11-13-23)15-6-2-1-3-7-15/h1-9,16,18H,10-14H2,(H,22,24)/t18-/m1/s1. The van der Waals surface area contributed by atoms with Gasteiger partial charge in [-0.3, -0.25) is 9.59 Å². The summed E-state index contributed by atoms with van der Waals surface area (Å²) in [5, 5.41) is 2.87. The zero-order chi connectivity index (χ0) is 17.2. The summed E-state index contributed by atoms with van der Waals surface area (Å²) in [6.45, 7) is 1.53. The summed E-state index contributed by atoms with van der Waals surface area (Å²) in [6.07, 6.45) is 2.21. The molecular weight excluding hydrogens is 312 g/mol. The monoisotopic (exact) mass is 334 g/mol. The summed E-state index contributed by atoms with van der Waals surface area (Å²) in [6, 6.07) is 18.2. The third-order valence-electron chi connectivity index (χ3n) is 5.38. The summed E-state index contributed by atoms with van der Waals surface area (Å²) in [7, 11) is 0. The van der Waals surface area contributed by atoms with Crippen molar-refractivity contribution in [2.45, 2.75) is 31.1 Å². The molecular formula is C21H22N2O2. The van der Waals surface area contributed by atoms with Crippen molar-refractivity contribution in [3.8, 4) is 0 Å². The Morgan fingerprint density at radius 2 is 1.64 bits per heavy atom. The zero-order valence-electron chi connectivity index (χ0n) is 14.2. The largest absolute Gasteiger partial charge is 0.342 e. The molecule has 1 saturated heterocycles. The minimum atomic E-state index is -0.349. The van der Waals surface area contributed by atoms with E-state index in [0.29, 0.717) is 5.92 Å². The topological polar surface area (TPSA) is 49.4 Å². The highest BCUT2D eigenvalue weighted by atomic mass is 16.2. The van der Waals surface area contributed by atoms with Crippen molar-refractivity contribution < 1.29 is 9.59 Å². The van der Waals surface area contributed by atoms with Gasteiger partial charge < -0.3 is 10.2 Å². The molecule has 4 nitrogen and oxygen atoms in total. The van der Waals surface area contributed by atoms with Gasteiger partial charge in [0.05, 0.1) is 5.92 Å². The van der Waals surface area contributed by atoms with E-state index >= 15 is 0 Å². The van der Waals surface area contributed by atoms with Crippen molar-refractivity contribution in [3.05, 3.63) is 65.7 Å². The molecule has 1 atom stereocenters. The van der Waals surface area contributed by atoms with Gasteiger partial charge in [0, 0.05) is 25.2 Å². The second-order valence-electron chi connectivity index (χ2n) is 6.90. The van der Waals surface area contributed by atoms with Gasteiger partial charge in [0.25, 0.3) is 0 Å². The first-order chi connectivity index (χ1) is 12.2. The predicted octanol–water partition coefficient (Wildman–Crippen LogP) is 3.52. The molecule has 0 aliphatic carbocycles. The van der Waals surface area contributed by atoms with Crippen LogP contribution >= 0.6 is 0 Å². The quantitative estimate of drug-likeness (QED) is 0.913. The molecule has 25 heavy (non-hydrogen) atoms. The first-order valence-corrected chi connectivity index (χ1v) is 8.95. The second-order valence-corrected chi connectivity index (χ2v) is 6.90. The van der Waals surface area contributed by atoms with E-state index in [2.05, 4.69) is 29.6 Å². The number of carbonyl (C=O) groups is 2. The van der Waals surface area contributed by atoms with Crippen molar-refractivity contribution in [3.63, 3.8) is 0 Å². The predicted molar refractivity (Wildman–Crippen MR) is 97.4 cm³/mol. The number of nitrogens with zero attached hydrogens (tertiary/aromatic N) is 1.